The van der Waals surface area contributed by atoms with Crippen LogP contribution in [-0.2, 0) is 17.6 Å². The Kier molecular flexibility index (Phi) is 6.17. The van der Waals surface area contributed by atoms with Gasteiger partial charge in [0, 0.05) is 17.5 Å². The molecule has 4 rings (SSSR count). The molecule has 3 aromatic rings. The van der Waals surface area contributed by atoms with Gasteiger partial charge in [0.1, 0.15) is 11.5 Å². The summed E-state index contributed by atoms with van der Waals surface area (Å²) in [6.45, 7) is 5.90. The highest BCUT2D eigenvalue weighted by molar-refractivity contribution is 5.81. The van der Waals surface area contributed by atoms with E-state index in [0.29, 0.717) is 18.9 Å². The number of carboxylic acids is 1. The van der Waals surface area contributed by atoms with E-state index in [1.165, 1.54) is 0 Å². The number of nitrogens with zero attached hydrogens (tertiary/aromatic N) is 1. The van der Waals surface area contributed by atoms with Gasteiger partial charge in [-0.05, 0) is 69.4 Å². The van der Waals surface area contributed by atoms with Gasteiger partial charge in [-0.15, -0.1) is 0 Å². The summed E-state index contributed by atoms with van der Waals surface area (Å²) >= 11 is 0. The number of aliphatic carboxylic acids is 1. The maximum atomic E-state index is 11.6. The van der Waals surface area contributed by atoms with Crippen LogP contribution in [0.25, 0.3) is 17.0 Å². The molecule has 1 aliphatic rings. The molecule has 1 aliphatic carbocycles. The van der Waals surface area contributed by atoms with Gasteiger partial charge in [0.05, 0.1) is 17.7 Å². The van der Waals surface area contributed by atoms with Gasteiger partial charge in [-0.1, -0.05) is 36.4 Å². The van der Waals surface area contributed by atoms with Crippen LogP contribution >= 0.6 is 0 Å². The molecule has 2 aromatic carbocycles. The zero-order chi connectivity index (χ0) is 22.7. The fourth-order valence-electron chi connectivity index (χ4n) is 4.12. The Morgan fingerprint density at radius 3 is 2.69 bits per heavy atom. The Balaban J connectivity index is 1.49. The molecule has 0 spiro atoms. The van der Waals surface area contributed by atoms with Crippen LogP contribution < -0.4 is 4.74 Å². The van der Waals surface area contributed by atoms with Crippen molar-refractivity contribution in [2.45, 2.75) is 46.5 Å². The zero-order valence-corrected chi connectivity index (χ0v) is 18.9. The lowest BCUT2D eigenvalue weighted by Gasteiger charge is -2.25. The minimum atomic E-state index is -0.901. The van der Waals surface area contributed by atoms with E-state index in [1.807, 2.05) is 55.5 Å². The molecule has 0 unspecified atom stereocenters. The summed E-state index contributed by atoms with van der Waals surface area (Å²) in [6.07, 6.45) is 5.34. The molecule has 5 nitrogen and oxygen atoms in total. The second-order valence-electron chi connectivity index (χ2n) is 8.82. The monoisotopic (exact) mass is 431 g/mol. The molecule has 1 aromatic heterocycles. The Morgan fingerprint density at radius 1 is 1.16 bits per heavy atom. The van der Waals surface area contributed by atoms with Gasteiger partial charge in [0.2, 0.25) is 5.89 Å². The van der Waals surface area contributed by atoms with Gasteiger partial charge in [-0.2, -0.15) is 0 Å². The second kappa shape index (κ2) is 9.03. The molecule has 0 saturated heterocycles. The van der Waals surface area contributed by atoms with Crippen molar-refractivity contribution in [3.63, 3.8) is 0 Å². The number of oxazole rings is 1. The standard InChI is InChI=1S/C27H29NO4/c1-18-23(28-25(32-18)19-9-5-4-6-10-19)15-16-31-24-14-8-12-21-20(11-7-13-22(21)24)17-27(2,3)26(29)30/h4-6,8-10,12,14,17H,7,11,13,15-16H2,1-3H3,(H,29,30)/b20-17-. The van der Waals surface area contributed by atoms with Gasteiger partial charge < -0.3 is 14.3 Å². The number of allylic oxidation sites excluding steroid dienone is 1. The molecule has 1 N–H and O–H groups in total. The average molecular weight is 432 g/mol. The number of hydrogen-bond donors (Lipinski definition) is 1. The lowest BCUT2D eigenvalue weighted by atomic mass is 9.81. The number of carboxylic acid groups (broad SMARTS) is 1. The highest BCUT2D eigenvalue weighted by Crippen LogP contribution is 2.38. The van der Waals surface area contributed by atoms with Crippen molar-refractivity contribution in [1.29, 1.82) is 0 Å². The lowest BCUT2D eigenvalue weighted by Crippen LogP contribution is -2.21. The minimum Gasteiger partial charge on any atom is -0.493 e. The quantitative estimate of drug-likeness (QED) is 0.489. The van der Waals surface area contributed by atoms with Crippen LogP contribution in [0.1, 0.15) is 49.3 Å². The molecular formula is C27H29NO4. The van der Waals surface area contributed by atoms with Crippen molar-refractivity contribution in [1.82, 2.24) is 4.98 Å². The van der Waals surface area contributed by atoms with E-state index in [1.54, 1.807) is 13.8 Å². The second-order valence-corrected chi connectivity index (χ2v) is 8.82. The molecular weight excluding hydrogens is 402 g/mol. The maximum absolute atomic E-state index is 11.6. The molecule has 5 heteroatoms. The molecule has 0 fully saturated rings. The third-order valence-corrected chi connectivity index (χ3v) is 5.95. The van der Waals surface area contributed by atoms with E-state index < -0.39 is 11.4 Å². The molecule has 0 radical (unpaired) electrons. The normalized spacial score (nSPS) is 14.9. The lowest BCUT2D eigenvalue weighted by molar-refractivity contribution is -0.144. The fraction of sp³-hybridized carbons (Fsp3) is 0.333. The molecule has 0 saturated carbocycles. The van der Waals surface area contributed by atoms with Gasteiger partial charge >= 0.3 is 5.97 Å². The van der Waals surface area contributed by atoms with Crippen LogP contribution in [0.4, 0.5) is 0 Å². The van der Waals surface area contributed by atoms with Crippen molar-refractivity contribution in [3.05, 3.63) is 77.2 Å². The maximum Gasteiger partial charge on any atom is 0.312 e. The number of rotatable bonds is 7. The summed E-state index contributed by atoms with van der Waals surface area (Å²) in [4.78, 5) is 16.2. The number of ether oxygens (including phenoxy) is 1. The summed E-state index contributed by atoms with van der Waals surface area (Å²) < 4.78 is 12.0. The van der Waals surface area contributed by atoms with Crippen LogP contribution in [-0.4, -0.2) is 22.7 Å². The first-order valence-electron chi connectivity index (χ1n) is 11.1. The van der Waals surface area contributed by atoms with Crippen molar-refractivity contribution in [2.24, 2.45) is 5.41 Å². The third-order valence-electron chi connectivity index (χ3n) is 5.95. The Bertz CT molecular complexity index is 1140. The summed E-state index contributed by atoms with van der Waals surface area (Å²) in [5, 5.41) is 9.51. The van der Waals surface area contributed by atoms with Crippen LogP contribution in [0, 0.1) is 12.3 Å². The minimum absolute atomic E-state index is 0.498. The highest BCUT2D eigenvalue weighted by atomic mass is 16.5. The van der Waals surface area contributed by atoms with Crippen molar-refractivity contribution in [3.8, 4) is 17.2 Å². The van der Waals surface area contributed by atoms with Gasteiger partial charge in [0.15, 0.2) is 0 Å². The van der Waals surface area contributed by atoms with Crippen LogP contribution in [0.15, 0.2) is 59.0 Å². The largest absolute Gasteiger partial charge is 0.493 e. The fourth-order valence-corrected chi connectivity index (χ4v) is 4.12. The number of benzene rings is 2. The number of carbonyl (C=O) groups is 1. The van der Waals surface area contributed by atoms with Crippen LogP contribution in [0.2, 0.25) is 0 Å². The predicted octanol–water partition coefficient (Wildman–Crippen LogP) is 6.10. The molecule has 0 atom stereocenters. The van der Waals surface area contributed by atoms with E-state index in [0.717, 1.165) is 58.7 Å². The number of aromatic nitrogens is 1. The van der Waals surface area contributed by atoms with E-state index >= 15 is 0 Å². The van der Waals surface area contributed by atoms with Crippen molar-refractivity contribution >= 4 is 11.5 Å². The number of fused-ring (bicyclic) bond motifs is 1. The van der Waals surface area contributed by atoms with Crippen LogP contribution in [0.3, 0.4) is 0 Å². The Hall–Kier alpha value is -3.34. The van der Waals surface area contributed by atoms with Crippen molar-refractivity contribution < 1.29 is 19.1 Å². The van der Waals surface area contributed by atoms with Gasteiger partial charge in [-0.25, -0.2) is 4.98 Å². The average Bonchev–Trinajstić information content (AvgIpc) is 3.15. The zero-order valence-electron chi connectivity index (χ0n) is 18.9. The first-order chi connectivity index (χ1) is 15.3. The van der Waals surface area contributed by atoms with Gasteiger partial charge in [0.25, 0.3) is 0 Å². The molecule has 0 aliphatic heterocycles. The first kappa shape index (κ1) is 21.9. The predicted molar refractivity (Wildman–Crippen MR) is 125 cm³/mol. The SMILES string of the molecule is Cc1oc(-c2ccccc2)nc1CCOc1cccc2c1CCC/C2=C/C(C)(C)C(=O)O. The Morgan fingerprint density at radius 2 is 1.94 bits per heavy atom. The Labute approximate surface area is 188 Å². The molecule has 166 valence electrons. The number of hydrogen-bond acceptors (Lipinski definition) is 4. The molecule has 32 heavy (non-hydrogen) atoms. The highest BCUT2D eigenvalue weighted by Gasteiger charge is 2.27. The smallest absolute Gasteiger partial charge is 0.312 e. The van der Waals surface area contributed by atoms with Crippen molar-refractivity contribution in [2.75, 3.05) is 6.61 Å². The summed E-state index contributed by atoms with van der Waals surface area (Å²) in [5.41, 5.74) is 4.31. The van der Waals surface area contributed by atoms with E-state index in [2.05, 4.69) is 11.1 Å². The summed E-state index contributed by atoms with van der Waals surface area (Å²) in [6, 6.07) is 15.9. The summed E-state index contributed by atoms with van der Waals surface area (Å²) in [7, 11) is 0. The third kappa shape index (κ3) is 4.62. The van der Waals surface area contributed by atoms with E-state index in [-0.39, 0.29) is 0 Å². The molecule has 1 heterocycles. The van der Waals surface area contributed by atoms with Crippen LogP contribution in [0.5, 0.6) is 5.75 Å². The van der Waals surface area contributed by atoms with E-state index in [4.69, 9.17) is 9.15 Å². The first-order valence-corrected chi connectivity index (χ1v) is 11.1. The van der Waals surface area contributed by atoms with Gasteiger partial charge in [-0.3, -0.25) is 4.79 Å². The van der Waals surface area contributed by atoms with E-state index in [9.17, 15) is 9.90 Å². The summed E-state index contributed by atoms with van der Waals surface area (Å²) in [5.74, 6) is 1.49. The number of aryl methyl sites for hydroxylation is 1. The molecule has 0 bridgehead atoms. The molecule has 0 amide bonds. The topological polar surface area (TPSA) is 72.6 Å².